The van der Waals surface area contributed by atoms with E-state index in [1.807, 2.05) is 42.5 Å². The van der Waals surface area contributed by atoms with Crippen molar-refractivity contribution in [3.05, 3.63) is 48.0 Å². The average Bonchev–Trinajstić information content (AvgIpc) is 2.36. The molecule has 2 heteroatoms. The van der Waals surface area contributed by atoms with Gasteiger partial charge in [0.15, 0.2) is 5.78 Å². The summed E-state index contributed by atoms with van der Waals surface area (Å²) in [6.07, 6.45) is 0.533. The molecular formula is C17H21NO. The summed E-state index contributed by atoms with van der Waals surface area (Å²) < 4.78 is 0. The van der Waals surface area contributed by atoms with Crippen molar-refractivity contribution in [1.82, 2.24) is 5.32 Å². The Morgan fingerprint density at radius 3 is 2.47 bits per heavy atom. The van der Waals surface area contributed by atoms with E-state index >= 15 is 0 Å². The Morgan fingerprint density at radius 1 is 1.05 bits per heavy atom. The van der Waals surface area contributed by atoms with Crippen molar-refractivity contribution in [2.24, 2.45) is 0 Å². The third kappa shape index (κ3) is 3.65. The van der Waals surface area contributed by atoms with Crippen LogP contribution in [0.4, 0.5) is 0 Å². The number of nitrogens with one attached hydrogen (secondary N) is 1. The van der Waals surface area contributed by atoms with Crippen LogP contribution in [0.15, 0.2) is 42.5 Å². The molecule has 0 atom stereocenters. The van der Waals surface area contributed by atoms with Gasteiger partial charge in [-0.2, -0.15) is 0 Å². The van der Waals surface area contributed by atoms with Gasteiger partial charge in [0.2, 0.25) is 0 Å². The molecule has 0 aromatic heterocycles. The van der Waals surface area contributed by atoms with E-state index in [1.54, 1.807) is 0 Å². The number of ketones is 1. The van der Waals surface area contributed by atoms with E-state index in [9.17, 15) is 4.79 Å². The van der Waals surface area contributed by atoms with Crippen molar-refractivity contribution in [3.63, 3.8) is 0 Å². The minimum Gasteiger partial charge on any atom is -0.312 e. The number of carbonyl (C=O) groups is 1. The fourth-order valence-electron chi connectivity index (χ4n) is 2.15. The van der Waals surface area contributed by atoms with E-state index in [2.05, 4.69) is 26.1 Å². The van der Waals surface area contributed by atoms with E-state index in [-0.39, 0.29) is 11.3 Å². The number of hydrogen-bond donors (Lipinski definition) is 1. The Balaban J connectivity index is 2.14. The van der Waals surface area contributed by atoms with Crippen LogP contribution in [0.3, 0.4) is 0 Å². The van der Waals surface area contributed by atoms with Crippen LogP contribution in [0.5, 0.6) is 0 Å². The van der Waals surface area contributed by atoms with Crippen LogP contribution in [0.1, 0.15) is 37.6 Å². The number of fused-ring (bicyclic) bond motifs is 1. The molecule has 19 heavy (non-hydrogen) atoms. The van der Waals surface area contributed by atoms with Crippen LogP contribution < -0.4 is 5.32 Å². The summed E-state index contributed by atoms with van der Waals surface area (Å²) >= 11 is 0. The zero-order valence-corrected chi connectivity index (χ0v) is 11.9. The molecule has 0 bridgehead atoms. The summed E-state index contributed by atoms with van der Waals surface area (Å²) in [5, 5.41) is 5.52. The number of carbonyl (C=O) groups excluding carboxylic acids is 1. The van der Waals surface area contributed by atoms with Gasteiger partial charge in [-0.1, -0.05) is 42.5 Å². The maximum Gasteiger partial charge on any atom is 0.164 e. The average molecular weight is 255 g/mol. The number of benzene rings is 2. The van der Waals surface area contributed by atoms with Crippen molar-refractivity contribution in [3.8, 4) is 0 Å². The van der Waals surface area contributed by atoms with Crippen LogP contribution in [0.2, 0.25) is 0 Å². The van der Waals surface area contributed by atoms with E-state index in [4.69, 9.17) is 0 Å². The van der Waals surface area contributed by atoms with Crippen molar-refractivity contribution >= 4 is 16.6 Å². The van der Waals surface area contributed by atoms with Gasteiger partial charge in [0.05, 0.1) is 0 Å². The molecule has 1 N–H and O–H groups in total. The largest absolute Gasteiger partial charge is 0.312 e. The Morgan fingerprint density at radius 2 is 1.74 bits per heavy atom. The minimum absolute atomic E-state index is 0.0546. The first kappa shape index (κ1) is 13.8. The molecule has 0 spiro atoms. The van der Waals surface area contributed by atoms with E-state index < -0.39 is 0 Å². The molecule has 100 valence electrons. The Kier molecular flexibility index (Phi) is 4.01. The molecular weight excluding hydrogens is 234 g/mol. The van der Waals surface area contributed by atoms with E-state index in [0.717, 1.165) is 16.3 Å². The van der Waals surface area contributed by atoms with E-state index in [1.165, 1.54) is 0 Å². The number of Topliss-reactive ketones (excluding diaryl/α,β-unsaturated/α-hetero) is 1. The van der Waals surface area contributed by atoms with Crippen molar-refractivity contribution in [2.75, 3.05) is 6.54 Å². The molecule has 0 unspecified atom stereocenters. The lowest BCUT2D eigenvalue weighted by Gasteiger charge is -2.20. The SMILES string of the molecule is CC(C)(C)NCCC(=O)c1cccc2ccccc12. The van der Waals surface area contributed by atoms with Crippen molar-refractivity contribution in [2.45, 2.75) is 32.7 Å². The quantitative estimate of drug-likeness (QED) is 0.842. The first-order valence-electron chi connectivity index (χ1n) is 6.73. The molecule has 2 aromatic rings. The van der Waals surface area contributed by atoms with Crippen LogP contribution in [-0.2, 0) is 0 Å². The molecule has 0 amide bonds. The lowest BCUT2D eigenvalue weighted by Crippen LogP contribution is -2.37. The van der Waals surface area contributed by atoms with Crippen molar-refractivity contribution < 1.29 is 4.79 Å². The minimum atomic E-state index is 0.0546. The molecule has 0 aliphatic heterocycles. The maximum atomic E-state index is 12.3. The van der Waals surface area contributed by atoms with Gasteiger partial charge in [0, 0.05) is 24.1 Å². The first-order valence-corrected chi connectivity index (χ1v) is 6.73. The molecule has 0 saturated carbocycles. The van der Waals surface area contributed by atoms with Crippen LogP contribution in [0, 0.1) is 0 Å². The molecule has 2 aromatic carbocycles. The zero-order valence-electron chi connectivity index (χ0n) is 11.9. The predicted octanol–water partition coefficient (Wildman–Crippen LogP) is 3.80. The van der Waals surface area contributed by atoms with Gasteiger partial charge in [-0.15, -0.1) is 0 Å². The third-order valence-corrected chi connectivity index (χ3v) is 3.10. The Labute approximate surface area is 114 Å². The van der Waals surface area contributed by atoms with Crippen LogP contribution in [-0.4, -0.2) is 17.9 Å². The second-order valence-corrected chi connectivity index (χ2v) is 5.88. The molecule has 0 aliphatic carbocycles. The smallest absolute Gasteiger partial charge is 0.164 e. The summed E-state index contributed by atoms with van der Waals surface area (Å²) in [6, 6.07) is 13.9. The second-order valence-electron chi connectivity index (χ2n) is 5.88. The van der Waals surface area contributed by atoms with Crippen molar-refractivity contribution in [1.29, 1.82) is 0 Å². The van der Waals surface area contributed by atoms with Crippen LogP contribution >= 0.6 is 0 Å². The first-order chi connectivity index (χ1) is 8.97. The molecule has 0 fully saturated rings. The fourth-order valence-corrected chi connectivity index (χ4v) is 2.15. The molecule has 2 nitrogen and oxygen atoms in total. The predicted molar refractivity (Wildman–Crippen MR) is 80.7 cm³/mol. The highest BCUT2D eigenvalue weighted by Crippen LogP contribution is 2.19. The standard InChI is InChI=1S/C17H21NO/c1-17(2,3)18-12-11-16(19)15-10-6-8-13-7-4-5-9-14(13)15/h4-10,18H,11-12H2,1-3H3. The highest BCUT2D eigenvalue weighted by atomic mass is 16.1. The van der Waals surface area contributed by atoms with Gasteiger partial charge in [-0.05, 0) is 31.5 Å². The van der Waals surface area contributed by atoms with E-state index in [0.29, 0.717) is 13.0 Å². The normalized spacial score (nSPS) is 11.7. The summed E-state index contributed by atoms with van der Waals surface area (Å²) in [6.45, 7) is 7.03. The van der Waals surface area contributed by atoms with Gasteiger partial charge in [0.1, 0.15) is 0 Å². The summed E-state index contributed by atoms with van der Waals surface area (Å²) in [5.74, 6) is 0.202. The summed E-state index contributed by atoms with van der Waals surface area (Å²) in [7, 11) is 0. The number of rotatable bonds is 4. The summed E-state index contributed by atoms with van der Waals surface area (Å²) in [4.78, 5) is 12.3. The maximum absolute atomic E-state index is 12.3. The molecule has 0 heterocycles. The third-order valence-electron chi connectivity index (χ3n) is 3.10. The molecule has 0 aliphatic rings. The monoisotopic (exact) mass is 255 g/mol. The van der Waals surface area contributed by atoms with Gasteiger partial charge >= 0.3 is 0 Å². The molecule has 2 rings (SSSR count). The second kappa shape index (κ2) is 5.54. The summed E-state index contributed by atoms with van der Waals surface area (Å²) in [5.41, 5.74) is 0.882. The van der Waals surface area contributed by atoms with Gasteiger partial charge in [-0.3, -0.25) is 4.79 Å². The zero-order chi connectivity index (χ0) is 13.9. The lowest BCUT2D eigenvalue weighted by molar-refractivity contribution is 0.0982. The molecule has 0 radical (unpaired) electrons. The fraction of sp³-hybridized carbons (Fsp3) is 0.353. The lowest BCUT2D eigenvalue weighted by atomic mass is 9.99. The van der Waals surface area contributed by atoms with Gasteiger partial charge in [0.25, 0.3) is 0 Å². The molecule has 0 saturated heterocycles. The van der Waals surface area contributed by atoms with Gasteiger partial charge in [-0.25, -0.2) is 0 Å². The number of hydrogen-bond acceptors (Lipinski definition) is 2. The topological polar surface area (TPSA) is 29.1 Å². The highest BCUT2D eigenvalue weighted by Gasteiger charge is 2.12. The van der Waals surface area contributed by atoms with Gasteiger partial charge < -0.3 is 5.32 Å². The highest BCUT2D eigenvalue weighted by molar-refractivity contribution is 6.08. The Bertz CT molecular complexity index is 576. The van der Waals surface area contributed by atoms with Crippen LogP contribution in [0.25, 0.3) is 10.8 Å². The Hall–Kier alpha value is -1.67.